The number of carbonyl (C=O) groups is 3. The summed E-state index contributed by atoms with van der Waals surface area (Å²) in [6.07, 6.45) is 1.52. The Kier molecular flexibility index (Phi) is 4.89. The van der Waals surface area contributed by atoms with E-state index in [1.165, 1.54) is 36.9 Å². The van der Waals surface area contributed by atoms with Gasteiger partial charge in [0.2, 0.25) is 5.91 Å². The molecule has 114 valence electrons. The van der Waals surface area contributed by atoms with Gasteiger partial charge < -0.3 is 19.4 Å². The molecule has 2 atom stereocenters. The van der Waals surface area contributed by atoms with Crippen LogP contribution in [0.15, 0.2) is 22.8 Å². The molecule has 0 unspecified atom stereocenters. The quantitative estimate of drug-likeness (QED) is 0.816. The minimum absolute atomic E-state index is 0.247. The molecule has 2 rings (SSSR count). The van der Waals surface area contributed by atoms with E-state index in [1.807, 2.05) is 0 Å². The molecule has 1 fully saturated rings. The number of furan rings is 1. The van der Waals surface area contributed by atoms with E-state index in [1.54, 1.807) is 12.1 Å². The fourth-order valence-corrected chi connectivity index (χ4v) is 3.44. The first-order valence-electron chi connectivity index (χ1n) is 6.35. The summed E-state index contributed by atoms with van der Waals surface area (Å²) in [5.41, 5.74) is 0. The number of hydrogen-bond donors (Lipinski definition) is 1. The van der Waals surface area contributed by atoms with Crippen molar-refractivity contribution in [2.24, 2.45) is 0 Å². The van der Waals surface area contributed by atoms with E-state index in [9.17, 15) is 14.4 Å². The first-order chi connectivity index (χ1) is 10.0. The molecule has 1 aromatic rings. The van der Waals surface area contributed by atoms with Crippen LogP contribution in [0.2, 0.25) is 0 Å². The highest BCUT2D eigenvalue weighted by atomic mass is 32.2. The summed E-state index contributed by atoms with van der Waals surface area (Å²) >= 11 is 1.42. The normalized spacial score (nSPS) is 21.1. The van der Waals surface area contributed by atoms with Crippen LogP contribution in [0.3, 0.4) is 0 Å². The van der Waals surface area contributed by atoms with Crippen molar-refractivity contribution in [1.82, 2.24) is 10.2 Å². The number of amides is 2. The molecule has 1 N–H and O–H groups in total. The predicted octanol–water partition coefficient (Wildman–Crippen LogP) is 0.531. The number of hydrogen-bond acceptors (Lipinski definition) is 6. The molecule has 0 spiro atoms. The lowest BCUT2D eigenvalue weighted by molar-refractivity contribution is -0.156. The van der Waals surface area contributed by atoms with E-state index < -0.39 is 17.9 Å². The molecule has 1 aliphatic rings. The number of nitrogens with one attached hydrogen (secondary N) is 1. The molecule has 2 amide bonds. The third kappa shape index (κ3) is 3.38. The molecule has 7 nitrogen and oxygen atoms in total. The van der Waals surface area contributed by atoms with Crippen molar-refractivity contribution in [2.45, 2.75) is 18.3 Å². The van der Waals surface area contributed by atoms with Crippen LogP contribution in [0, 0.1) is 0 Å². The maximum absolute atomic E-state index is 12.1. The van der Waals surface area contributed by atoms with Crippen LogP contribution in [0.4, 0.5) is 0 Å². The van der Waals surface area contributed by atoms with E-state index in [-0.39, 0.29) is 17.9 Å². The van der Waals surface area contributed by atoms with Gasteiger partial charge in [0.15, 0.2) is 6.61 Å². The van der Waals surface area contributed by atoms with Crippen molar-refractivity contribution in [3.05, 3.63) is 24.2 Å². The standard InChI is InChI=1S/C13H16N2O5S/c1-8(16)15-9(13(18)20-6-11(17)14-2)7-21-12(15)10-4-3-5-19-10/h3-5,9,12H,6-7H2,1-2H3,(H,14,17)/t9-,12+/m0/s1. The maximum Gasteiger partial charge on any atom is 0.330 e. The zero-order valence-corrected chi connectivity index (χ0v) is 12.5. The minimum atomic E-state index is -0.716. The SMILES string of the molecule is CNC(=O)COC(=O)[C@@H]1CS[C@H](c2ccco2)N1C(C)=O. The fraction of sp³-hybridized carbons (Fsp3) is 0.462. The van der Waals surface area contributed by atoms with Gasteiger partial charge in [-0.2, -0.15) is 0 Å². The van der Waals surface area contributed by atoms with Crippen LogP contribution in [-0.2, 0) is 19.1 Å². The van der Waals surface area contributed by atoms with Gasteiger partial charge in [-0.15, -0.1) is 11.8 Å². The number of ether oxygens (including phenoxy) is 1. The Morgan fingerprint density at radius 2 is 2.29 bits per heavy atom. The van der Waals surface area contributed by atoms with Gasteiger partial charge in [-0.05, 0) is 12.1 Å². The monoisotopic (exact) mass is 312 g/mol. The number of nitrogens with zero attached hydrogens (tertiary/aromatic N) is 1. The molecule has 0 aliphatic carbocycles. The highest BCUT2D eigenvalue weighted by Gasteiger charge is 2.43. The maximum atomic E-state index is 12.1. The summed E-state index contributed by atoms with van der Waals surface area (Å²) < 4.78 is 10.2. The van der Waals surface area contributed by atoms with Gasteiger partial charge in [0.1, 0.15) is 17.2 Å². The van der Waals surface area contributed by atoms with Crippen LogP contribution in [0.1, 0.15) is 18.1 Å². The average molecular weight is 312 g/mol. The zero-order valence-electron chi connectivity index (χ0n) is 11.7. The van der Waals surface area contributed by atoms with Crippen LogP contribution >= 0.6 is 11.8 Å². The summed E-state index contributed by atoms with van der Waals surface area (Å²) in [5, 5.41) is 2.01. The Balaban J connectivity index is 2.07. The molecular weight excluding hydrogens is 296 g/mol. The van der Waals surface area contributed by atoms with Crippen molar-refractivity contribution >= 4 is 29.5 Å². The summed E-state index contributed by atoms with van der Waals surface area (Å²) in [4.78, 5) is 36.4. The molecule has 21 heavy (non-hydrogen) atoms. The van der Waals surface area contributed by atoms with E-state index in [0.717, 1.165) is 0 Å². The van der Waals surface area contributed by atoms with E-state index in [0.29, 0.717) is 11.5 Å². The third-order valence-corrected chi connectivity index (χ3v) is 4.33. The molecule has 1 aromatic heterocycles. The molecule has 1 saturated heterocycles. The molecule has 1 aliphatic heterocycles. The predicted molar refractivity (Wildman–Crippen MR) is 75.2 cm³/mol. The van der Waals surface area contributed by atoms with Crippen molar-refractivity contribution in [3.63, 3.8) is 0 Å². The molecule has 0 radical (unpaired) electrons. The van der Waals surface area contributed by atoms with Crippen molar-refractivity contribution in [1.29, 1.82) is 0 Å². The van der Waals surface area contributed by atoms with Crippen LogP contribution in [0.25, 0.3) is 0 Å². The number of esters is 1. The fourth-order valence-electron chi connectivity index (χ4n) is 2.03. The van der Waals surface area contributed by atoms with Gasteiger partial charge >= 0.3 is 5.97 Å². The smallest absolute Gasteiger partial charge is 0.330 e. The third-order valence-electron chi connectivity index (χ3n) is 3.05. The van der Waals surface area contributed by atoms with Crippen molar-refractivity contribution in [3.8, 4) is 0 Å². The van der Waals surface area contributed by atoms with Crippen LogP contribution < -0.4 is 5.32 Å². The highest BCUT2D eigenvalue weighted by molar-refractivity contribution is 7.99. The Hall–Kier alpha value is -1.96. The number of carbonyl (C=O) groups excluding carboxylic acids is 3. The molecule has 0 aromatic carbocycles. The Morgan fingerprint density at radius 3 is 2.86 bits per heavy atom. The van der Waals surface area contributed by atoms with Crippen LogP contribution in [0.5, 0.6) is 0 Å². The summed E-state index contributed by atoms with van der Waals surface area (Å²) in [5.74, 6) is -0.223. The van der Waals surface area contributed by atoms with Gasteiger partial charge in [-0.25, -0.2) is 4.79 Å². The van der Waals surface area contributed by atoms with E-state index >= 15 is 0 Å². The van der Waals surface area contributed by atoms with Crippen molar-refractivity contribution in [2.75, 3.05) is 19.4 Å². The summed E-state index contributed by atoms with van der Waals surface area (Å²) in [6, 6.07) is 2.77. The number of likely N-dealkylation sites (N-methyl/N-ethyl adjacent to an activating group) is 1. The van der Waals surface area contributed by atoms with Gasteiger partial charge in [0.05, 0.1) is 6.26 Å². The zero-order chi connectivity index (χ0) is 15.4. The van der Waals surface area contributed by atoms with Gasteiger partial charge in [-0.3, -0.25) is 9.59 Å². The first kappa shape index (κ1) is 15.4. The van der Waals surface area contributed by atoms with E-state index in [2.05, 4.69) is 5.32 Å². The number of rotatable bonds is 4. The molecule has 8 heteroatoms. The second kappa shape index (κ2) is 6.66. The summed E-state index contributed by atoms with van der Waals surface area (Å²) in [7, 11) is 1.45. The van der Waals surface area contributed by atoms with Gasteiger partial charge in [0, 0.05) is 19.7 Å². The summed E-state index contributed by atoms with van der Waals surface area (Å²) in [6.45, 7) is 1.04. The first-order valence-corrected chi connectivity index (χ1v) is 7.40. The topological polar surface area (TPSA) is 88.8 Å². The van der Waals surface area contributed by atoms with Gasteiger partial charge in [-0.1, -0.05) is 0 Å². The lowest BCUT2D eigenvalue weighted by Crippen LogP contribution is -2.43. The second-order valence-electron chi connectivity index (χ2n) is 4.42. The Morgan fingerprint density at radius 1 is 1.52 bits per heavy atom. The molecule has 2 heterocycles. The minimum Gasteiger partial charge on any atom is -0.466 e. The van der Waals surface area contributed by atoms with E-state index in [4.69, 9.17) is 9.15 Å². The highest BCUT2D eigenvalue weighted by Crippen LogP contribution is 2.41. The lowest BCUT2D eigenvalue weighted by Gasteiger charge is -2.25. The molecule has 0 saturated carbocycles. The molecule has 0 bridgehead atoms. The van der Waals surface area contributed by atoms with Crippen LogP contribution in [-0.4, -0.2) is 48.1 Å². The van der Waals surface area contributed by atoms with Crippen molar-refractivity contribution < 1.29 is 23.5 Å². The number of thioether (sulfide) groups is 1. The Bertz CT molecular complexity index is 531. The Labute approximate surface area is 126 Å². The van der Waals surface area contributed by atoms with Gasteiger partial charge in [0.25, 0.3) is 5.91 Å². The lowest BCUT2D eigenvalue weighted by atomic mass is 10.2. The second-order valence-corrected chi connectivity index (χ2v) is 5.54. The largest absolute Gasteiger partial charge is 0.466 e. The average Bonchev–Trinajstić information content (AvgIpc) is 3.11. The molecular formula is C13H16N2O5S.